The van der Waals surface area contributed by atoms with E-state index >= 15 is 0 Å². The van der Waals surface area contributed by atoms with Crippen LogP contribution in [0.1, 0.15) is 237 Å². The highest BCUT2D eigenvalue weighted by atomic mass is 16.7. The number of unbranched alkanes of at least 4 members (excludes halogenated alkanes) is 13. The van der Waals surface area contributed by atoms with E-state index < -0.39 is 0 Å². The van der Waals surface area contributed by atoms with Crippen LogP contribution >= 0.6 is 0 Å². The van der Waals surface area contributed by atoms with Crippen molar-refractivity contribution in [3.63, 3.8) is 0 Å². The second kappa shape index (κ2) is 33.9. The molecular weight excluding hydrogens is 957 g/mol. The SMILES string of the molecule is CCCCCCCCON1C(C)(C)CC(C(CCC)Nc2nc(NCCO)nc(NCCCCCCNc3nc(NCCO)nc(NC(CCC)C4CC(C)(C)N(OCCCCCCCC)C(C)(C)C4)n3)n2)CC1(C)C. The van der Waals surface area contributed by atoms with E-state index in [0.29, 0.717) is 60.6 Å². The third-order valence-corrected chi connectivity index (χ3v) is 15.4. The van der Waals surface area contributed by atoms with E-state index in [1.54, 1.807) is 0 Å². The summed E-state index contributed by atoms with van der Waals surface area (Å²) in [7, 11) is 0. The molecule has 2 aliphatic rings. The first-order chi connectivity index (χ1) is 36.4. The fourth-order valence-corrected chi connectivity index (χ4v) is 12.4. The lowest BCUT2D eigenvalue weighted by Gasteiger charge is -2.55. The van der Waals surface area contributed by atoms with Gasteiger partial charge in [0, 0.05) is 60.4 Å². The summed E-state index contributed by atoms with van der Waals surface area (Å²) < 4.78 is 0. The van der Waals surface area contributed by atoms with Crippen molar-refractivity contribution in [2.24, 2.45) is 11.8 Å². The van der Waals surface area contributed by atoms with Gasteiger partial charge in [0.15, 0.2) is 0 Å². The molecule has 0 spiro atoms. The van der Waals surface area contributed by atoms with Crippen molar-refractivity contribution in [3.05, 3.63) is 0 Å². The highest BCUT2D eigenvalue weighted by Crippen LogP contribution is 2.45. The highest BCUT2D eigenvalue weighted by molar-refractivity contribution is 5.44. The Balaban J connectivity index is 1.30. The lowest BCUT2D eigenvalue weighted by Crippen LogP contribution is -2.62. The molecule has 2 unspecified atom stereocenters. The van der Waals surface area contributed by atoms with Crippen molar-refractivity contribution in [2.45, 2.75) is 271 Å². The normalized spacial score (nSPS) is 18.6. The number of aliphatic hydroxyl groups is 2. The fraction of sp³-hybridized carbons (Fsp3) is 0.897. The molecule has 2 atom stereocenters. The second-order valence-electron chi connectivity index (χ2n) is 24.6. The van der Waals surface area contributed by atoms with Gasteiger partial charge >= 0.3 is 0 Å². The van der Waals surface area contributed by atoms with Gasteiger partial charge in [0.1, 0.15) is 0 Å². The average molecular weight is 1070 g/mol. The molecule has 8 N–H and O–H groups in total. The molecule has 438 valence electrons. The number of nitrogens with zero attached hydrogens (tertiary/aromatic N) is 8. The van der Waals surface area contributed by atoms with Crippen LogP contribution in [-0.4, -0.2) is 137 Å². The standard InChI is InChI=1S/C58H112N14O4/c1-13-17-19-21-25-29-39-75-71-55(5,6)41-45(42-56(71,7)8)47(31-15-3)63-53-67-49(65-51(69-53)61-35-37-73)59-33-27-23-24-28-34-60-50-66-52(62-36-38-74)70-54(68-50)64-48(32-16-4)46-43-57(9,10)72(58(11,12)44-46)76-40-30-26-22-20-18-14-2/h45-48,73-74H,13-44H2,1-12H3,(H3,59,61,63,65,67,69)(H3,60,62,64,66,68,70). The first-order valence-corrected chi connectivity index (χ1v) is 30.5. The molecular formula is C58H112N14O4. The summed E-state index contributed by atoms with van der Waals surface area (Å²) in [5.74, 6) is 3.80. The highest BCUT2D eigenvalue weighted by Gasteiger charge is 2.49. The minimum atomic E-state index is -0.136. The number of rotatable bonds is 41. The molecule has 0 radical (unpaired) electrons. The first kappa shape index (κ1) is 65.1. The van der Waals surface area contributed by atoms with Gasteiger partial charge in [-0.15, -0.1) is 0 Å². The Bertz CT molecular complexity index is 1710. The minimum absolute atomic E-state index is 0.0204. The summed E-state index contributed by atoms with van der Waals surface area (Å²) in [6.07, 6.45) is 27.0. The van der Waals surface area contributed by atoms with Gasteiger partial charge in [-0.05, 0) is 131 Å². The van der Waals surface area contributed by atoms with Gasteiger partial charge < -0.3 is 42.1 Å². The molecule has 18 nitrogen and oxygen atoms in total. The van der Waals surface area contributed by atoms with Crippen LogP contribution in [0.2, 0.25) is 0 Å². The largest absolute Gasteiger partial charge is 0.395 e. The summed E-state index contributed by atoms with van der Waals surface area (Å²) in [6.45, 7) is 31.2. The number of anilines is 6. The van der Waals surface area contributed by atoms with Crippen molar-refractivity contribution in [1.82, 2.24) is 40.0 Å². The Morgan fingerprint density at radius 1 is 0.408 bits per heavy atom. The minimum Gasteiger partial charge on any atom is -0.395 e. The van der Waals surface area contributed by atoms with Crippen LogP contribution < -0.4 is 31.9 Å². The molecule has 0 bridgehead atoms. The maximum atomic E-state index is 9.63. The maximum Gasteiger partial charge on any atom is 0.229 e. The zero-order chi connectivity index (χ0) is 55.5. The summed E-state index contributed by atoms with van der Waals surface area (Å²) in [5.41, 5.74) is -0.545. The first-order valence-electron chi connectivity index (χ1n) is 30.5. The zero-order valence-corrected chi connectivity index (χ0v) is 50.2. The van der Waals surface area contributed by atoms with Gasteiger partial charge in [0.2, 0.25) is 35.7 Å². The fourth-order valence-electron chi connectivity index (χ4n) is 12.4. The topological polar surface area (TPSA) is 215 Å². The van der Waals surface area contributed by atoms with E-state index in [9.17, 15) is 10.2 Å². The van der Waals surface area contributed by atoms with Gasteiger partial charge in [-0.1, -0.05) is 118 Å². The van der Waals surface area contributed by atoms with Crippen LogP contribution in [0.3, 0.4) is 0 Å². The molecule has 0 aromatic carbocycles. The van der Waals surface area contributed by atoms with Crippen molar-refractivity contribution < 1.29 is 19.9 Å². The Kier molecular flexibility index (Phi) is 29.0. The van der Waals surface area contributed by atoms with Crippen LogP contribution in [0, 0.1) is 11.8 Å². The number of aromatic nitrogens is 6. The Morgan fingerprint density at radius 3 is 1.01 bits per heavy atom. The second-order valence-corrected chi connectivity index (χ2v) is 24.6. The van der Waals surface area contributed by atoms with Crippen molar-refractivity contribution in [1.29, 1.82) is 0 Å². The van der Waals surface area contributed by atoms with Gasteiger partial charge in [0.25, 0.3) is 0 Å². The van der Waals surface area contributed by atoms with E-state index in [1.165, 1.54) is 64.2 Å². The third kappa shape index (κ3) is 22.4. The predicted molar refractivity (Wildman–Crippen MR) is 315 cm³/mol. The summed E-state index contributed by atoms with van der Waals surface area (Å²) in [5, 5.41) is 44.7. The molecule has 18 heteroatoms. The summed E-state index contributed by atoms with van der Waals surface area (Å²) in [4.78, 5) is 41.8. The molecule has 4 heterocycles. The lowest BCUT2D eigenvalue weighted by atomic mass is 9.71. The smallest absolute Gasteiger partial charge is 0.229 e. The Labute approximate surface area is 461 Å². The van der Waals surface area contributed by atoms with E-state index in [1.807, 2.05) is 0 Å². The van der Waals surface area contributed by atoms with E-state index in [2.05, 4.69) is 135 Å². The predicted octanol–water partition coefficient (Wildman–Crippen LogP) is 12.2. The van der Waals surface area contributed by atoms with Crippen LogP contribution in [0.5, 0.6) is 0 Å². The molecule has 2 fully saturated rings. The molecule has 0 aliphatic carbocycles. The molecule has 2 aliphatic heterocycles. The number of hydroxylamine groups is 4. The Morgan fingerprint density at radius 2 is 0.697 bits per heavy atom. The van der Waals surface area contributed by atoms with E-state index in [0.717, 1.165) is 116 Å². The number of aliphatic hydroxyl groups excluding tert-OH is 2. The van der Waals surface area contributed by atoms with Crippen LogP contribution in [0.25, 0.3) is 0 Å². The van der Waals surface area contributed by atoms with Crippen molar-refractivity contribution >= 4 is 35.7 Å². The zero-order valence-electron chi connectivity index (χ0n) is 50.2. The number of hydrogen-bond acceptors (Lipinski definition) is 18. The average Bonchev–Trinajstić information content (AvgIpc) is 3.35. The molecule has 0 saturated carbocycles. The summed E-state index contributed by atoms with van der Waals surface area (Å²) >= 11 is 0. The van der Waals surface area contributed by atoms with E-state index in [-0.39, 0.29) is 47.5 Å². The van der Waals surface area contributed by atoms with Crippen LogP contribution in [0.15, 0.2) is 0 Å². The van der Waals surface area contributed by atoms with Crippen LogP contribution in [0.4, 0.5) is 35.7 Å². The third-order valence-electron chi connectivity index (χ3n) is 15.4. The van der Waals surface area contributed by atoms with Gasteiger partial charge in [-0.2, -0.15) is 40.0 Å². The van der Waals surface area contributed by atoms with Gasteiger partial charge in [-0.3, -0.25) is 9.68 Å². The van der Waals surface area contributed by atoms with Gasteiger partial charge in [-0.25, -0.2) is 0 Å². The Hall–Kier alpha value is -3.42. The molecule has 2 aromatic rings. The number of piperidine rings is 2. The molecule has 0 amide bonds. The van der Waals surface area contributed by atoms with Crippen LogP contribution in [-0.2, 0) is 9.68 Å². The molecule has 4 rings (SSSR count). The number of nitrogens with one attached hydrogen (secondary N) is 6. The molecule has 2 saturated heterocycles. The maximum absolute atomic E-state index is 9.63. The van der Waals surface area contributed by atoms with Gasteiger partial charge in [0.05, 0.1) is 26.4 Å². The monoisotopic (exact) mass is 1070 g/mol. The van der Waals surface area contributed by atoms with Crippen molar-refractivity contribution in [3.8, 4) is 0 Å². The number of hydrogen-bond donors (Lipinski definition) is 8. The molecule has 76 heavy (non-hydrogen) atoms. The van der Waals surface area contributed by atoms with Crippen molar-refractivity contribution in [2.75, 3.05) is 84.5 Å². The van der Waals surface area contributed by atoms with E-state index in [4.69, 9.17) is 29.6 Å². The molecule has 2 aromatic heterocycles. The lowest BCUT2D eigenvalue weighted by molar-refractivity contribution is -0.289. The quantitative estimate of drug-likeness (QED) is 0.0291. The summed E-state index contributed by atoms with van der Waals surface area (Å²) in [6, 6.07) is 0.351.